The van der Waals surface area contributed by atoms with Crippen molar-refractivity contribution in [3.63, 3.8) is 0 Å². The Morgan fingerprint density at radius 3 is 2.52 bits per heavy atom. The molecule has 1 fully saturated rings. The Hall–Kier alpha value is -2.29. The number of carbonyl (C=O) groups is 1. The zero-order valence-electron chi connectivity index (χ0n) is 17.0. The largest absolute Gasteiger partial charge is 0.490 e. The molecule has 31 heavy (non-hydrogen) atoms. The van der Waals surface area contributed by atoms with E-state index in [9.17, 15) is 13.2 Å². The van der Waals surface area contributed by atoms with Gasteiger partial charge in [-0.05, 0) is 31.0 Å². The second-order valence-electron chi connectivity index (χ2n) is 7.54. The number of nitrogens with zero attached hydrogens (tertiary/aromatic N) is 1. The molecule has 0 radical (unpaired) electrons. The van der Waals surface area contributed by atoms with Crippen LogP contribution in [0.3, 0.4) is 0 Å². The molecule has 0 aromatic heterocycles. The fourth-order valence-electron chi connectivity index (χ4n) is 3.67. The summed E-state index contributed by atoms with van der Waals surface area (Å²) in [6, 6.07) is 11.9. The Labute approximate surface area is 186 Å². The first-order chi connectivity index (χ1) is 14.9. The van der Waals surface area contributed by atoms with Crippen LogP contribution < -0.4 is 9.47 Å². The number of hydrogen-bond acceptors (Lipinski definition) is 6. The first-order valence-corrected chi connectivity index (χ1v) is 12.1. The van der Waals surface area contributed by atoms with Crippen molar-refractivity contribution in [2.24, 2.45) is 5.92 Å². The molecule has 0 saturated carbocycles. The van der Waals surface area contributed by atoms with Crippen LogP contribution in [-0.2, 0) is 26.2 Å². The molecule has 0 unspecified atom stereocenters. The molecule has 2 aromatic rings. The summed E-state index contributed by atoms with van der Waals surface area (Å²) in [6.45, 7) is 1.64. The zero-order valence-corrected chi connectivity index (χ0v) is 18.5. The van der Waals surface area contributed by atoms with E-state index in [1.54, 1.807) is 18.2 Å². The Balaban J connectivity index is 1.36. The average molecular weight is 466 g/mol. The highest BCUT2D eigenvalue weighted by Gasteiger charge is 2.33. The minimum absolute atomic E-state index is 0.105. The third kappa shape index (κ3) is 4.97. The maximum atomic E-state index is 13.1. The van der Waals surface area contributed by atoms with E-state index in [4.69, 9.17) is 25.8 Å². The number of esters is 1. The predicted octanol–water partition coefficient (Wildman–Crippen LogP) is 3.65. The zero-order chi connectivity index (χ0) is 21.8. The Morgan fingerprint density at radius 1 is 1.06 bits per heavy atom. The van der Waals surface area contributed by atoms with Crippen LogP contribution in [0.4, 0.5) is 0 Å². The summed E-state index contributed by atoms with van der Waals surface area (Å²) in [7, 11) is -3.69. The van der Waals surface area contributed by atoms with E-state index in [2.05, 4.69) is 0 Å². The van der Waals surface area contributed by atoms with Crippen molar-refractivity contribution in [2.45, 2.75) is 30.8 Å². The molecule has 0 spiro atoms. The van der Waals surface area contributed by atoms with Crippen LogP contribution in [0, 0.1) is 5.92 Å². The van der Waals surface area contributed by atoms with Gasteiger partial charge in [-0.15, -0.1) is 0 Å². The predicted molar refractivity (Wildman–Crippen MR) is 115 cm³/mol. The fourth-order valence-corrected chi connectivity index (χ4v) is 5.34. The van der Waals surface area contributed by atoms with Crippen molar-refractivity contribution >= 4 is 27.6 Å². The standard InChI is InChI=1S/C22H24ClNO6S/c23-19-5-2-1-4-17(19)15-30-22(25)16-8-10-24(11-9-16)31(26,27)18-6-7-20-21(14-18)29-13-3-12-28-20/h1-2,4-7,14,16H,3,8-13,15H2. The molecule has 2 heterocycles. The molecule has 166 valence electrons. The molecular weight excluding hydrogens is 442 g/mol. The summed E-state index contributed by atoms with van der Waals surface area (Å²) in [4.78, 5) is 12.6. The lowest BCUT2D eigenvalue weighted by Crippen LogP contribution is -2.40. The topological polar surface area (TPSA) is 82.1 Å². The monoisotopic (exact) mass is 465 g/mol. The third-order valence-electron chi connectivity index (χ3n) is 5.47. The summed E-state index contributed by atoms with van der Waals surface area (Å²) in [5.41, 5.74) is 0.743. The number of fused-ring (bicyclic) bond motifs is 1. The number of sulfonamides is 1. The summed E-state index contributed by atoms with van der Waals surface area (Å²) >= 11 is 6.09. The lowest BCUT2D eigenvalue weighted by atomic mass is 9.98. The SMILES string of the molecule is O=C(OCc1ccccc1Cl)C1CCN(S(=O)(=O)c2ccc3c(c2)OCCCO3)CC1. The van der Waals surface area contributed by atoms with Crippen LogP contribution in [0.2, 0.25) is 5.02 Å². The van der Waals surface area contributed by atoms with Crippen molar-refractivity contribution < 1.29 is 27.4 Å². The van der Waals surface area contributed by atoms with Gasteiger partial charge in [0.25, 0.3) is 0 Å². The van der Waals surface area contributed by atoms with Crippen molar-refractivity contribution in [3.05, 3.63) is 53.1 Å². The highest BCUT2D eigenvalue weighted by Crippen LogP contribution is 2.34. The lowest BCUT2D eigenvalue weighted by Gasteiger charge is -2.30. The summed E-state index contributed by atoms with van der Waals surface area (Å²) in [5.74, 6) is 0.332. The van der Waals surface area contributed by atoms with Gasteiger partial charge in [0, 0.05) is 36.2 Å². The molecule has 0 amide bonds. The molecule has 1 saturated heterocycles. The van der Waals surface area contributed by atoms with Crippen LogP contribution in [-0.4, -0.2) is 45.0 Å². The van der Waals surface area contributed by atoms with Crippen LogP contribution in [0.15, 0.2) is 47.4 Å². The molecule has 0 N–H and O–H groups in total. The highest BCUT2D eigenvalue weighted by atomic mass is 35.5. The van der Waals surface area contributed by atoms with Gasteiger partial charge in [-0.1, -0.05) is 29.8 Å². The quantitative estimate of drug-likeness (QED) is 0.627. The van der Waals surface area contributed by atoms with Gasteiger partial charge < -0.3 is 14.2 Å². The van der Waals surface area contributed by atoms with Gasteiger partial charge in [0.05, 0.1) is 24.0 Å². The second-order valence-corrected chi connectivity index (χ2v) is 9.88. The van der Waals surface area contributed by atoms with Crippen LogP contribution >= 0.6 is 11.6 Å². The van der Waals surface area contributed by atoms with Crippen molar-refractivity contribution in [2.75, 3.05) is 26.3 Å². The fraction of sp³-hybridized carbons (Fsp3) is 0.409. The average Bonchev–Trinajstić information content (AvgIpc) is 3.03. The number of carbonyl (C=O) groups excluding carboxylic acids is 1. The van der Waals surface area contributed by atoms with Gasteiger partial charge in [-0.25, -0.2) is 8.42 Å². The van der Waals surface area contributed by atoms with Gasteiger partial charge in [-0.3, -0.25) is 4.79 Å². The molecule has 4 rings (SSSR count). The molecule has 2 aromatic carbocycles. The minimum Gasteiger partial charge on any atom is -0.490 e. The van der Waals surface area contributed by atoms with Crippen LogP contribution in [0.1, 0.15) is 24.8 Å². The van der Waals surface area contributed by atoms with Gasteiger partial charge in [-0.2, -0.15) is 4.31 Å². The number of benzene rings is 2. The van der Waals surface area contributed by atoms with E-state index in [0.29, 0.717) is 42.6 Å². The molecule has 9 heteroatoms. The van der Waals surface area contributed by atoms with E-state index >= 15 is 0 Å². The smallest absolute Gasteiger partial charge is 0.309 e. The molecule has 2 aliphatic heterocycles. The number of ether oxygens (including phenoxy) is 3. The van der Waals surface area contributed by atoms with Gasteiger partial charge in [0.15, 0.2) is 11.5 Å². The first-order valence-electron chi connectivity index (χ1n) is 10.2. The van der Waals surface area contributed by atoms with Crippen molar-refractivity contribution in [1.82, 2.24) is 4.31 Å². The van der Waals surface area contributed by atoms with Crippen molar-refractivity contribution in [1.29, 1.82) is 0 Å². The number of rotatable bonds is 5. The Kier molecular flexibility index (Phi) is 6.69. The number of hydrogen-bond donors (Lipinski definition) is 0. The normalized spacial score (nSPS) is 17.7. The maximum absolute atomic E-state index is 13.1. The van der Waals surface area contributed by atoms with E-state index in [1.807, 2.05) is 12.1 Å². The van der Waals surface area contributed by atoms with E-state index < -0.39 is 10.0 Å². The van der Waals surface area contributed by atoms with Gasteiger partial charge in [0.2, 0.25) is 10.0 Å². The van der Waals surface area contributed by atoms with Gasteiger partial charge in [0.1, 0.15) is 6.61 Å². The molecule has 7 nitrogen and oxygen atoms in total. The molecule has 2 aliphatic rings. The molecule has 0 bridgehead atoms. The van der Waals surface area contributed by atoms with Crippen LogP contribution in [0.25, 0.3) is 0 Å². The third-order valence-corrected chi connectivity index (χ3v) is 7.74. The maximum Gasteiger partial charge on any atom is 0.309 e. The number of piperidine rings is 1. The number of halogens is 1. The summed E-state index contributed by atoms with van der Waals surface area (Å²) < 4.78 is 44.2. The molecular formula is C22H24ClNO6S. The second kappa shape index (κ2) is 9.46. The van der Waals surface area contributed by atoms with Crippen LogP contribution in [0.5, 0.6) is 11.5 Å². The van der Waals surface area contributed by atoms with E-state index in [1.165, 1.54) is 16.4 Å². The summed E-state index contributed by atoms with van der Waals surface area (Å²) in [6.07, 6.45) is 1.56. The lowest BCUT2D eigenvalue weighted by molar-refractivity contribution is -0.151. The Bertz CT molecular complexity index is 1050. The Morgan fingerprint density at radius 2 is 1.77 bits per heavy atom. The van der Waals surface area contributed by atoms with Gasteiger partial charge >= 0.3 is 5.97 Å². The van der Waals surface area contributed by atoms with Crippen molar-refractivity contribution in [3.8, 4) is 11.5 Å². The minimum atomic E-state index is -3.69. The van der Waals surface area contributed by atoms with E-state index in [0.717, 1.165) is 12.0 Å². The van der Waals surface area contributed by atoms with E-state index in [-0.39, 0.29) is 36.5 Å². The molecule has 0 aliphatic carbocycles. The molecule has 0 atom stereocenters. The summed E-state index contributed by atoms with van der Waals surface area (Å²) in [5, 5.41) is 0.548. The highest BCUT2D eigenvalue weighted by molar-refractivity contribution is 7.89. The first kappa shape index (κ1) is 21.9.